The van der Waals surface area contributed by atoms with Crippen LogP contribution in [0, 0.1) is 0 Å². The lowest BCUT2D eigenvalue weighted by atomic mass is 9.99. The summed E-state index contributed by atoms with van der Waals surface area (Å²) < 4.78 is 4.86. The van der Waals surface area contributed by atoms with Crippen molar-refractivity contribution in [1.82, 2.24) is 0 Å². The van der Waals surface area contributed by atoms with Crippen molar-refractivity contribution in [3.63, 3.8) is 0 Å². The van der Waals surface area contributed by atoms with Crippen LogP contribution < -0.4 is 4.74 Å². The summed E-state index contributed by atoms with van der Waals surface area (Å²) in [6.07, 6.45) is -0.581. The average Bonchev–Trinajstić information content (AvgIpc) is 2.54. The molecule has 2 rings (SSSR count). The van der Waals surface area contributed by atoms with Crippen LogP contribution in [0.5, 0.6) is 17.2 Å². The first-order valence-electron chi connectivity index (χ1n) is 6.83. The van der Waals surface area contributed by atoms with Gasteiger partial charge in [-0.15, -0.1) is 0 Å². The molecule has 3 N–H and O–H groups in total. The van der Waals surface area contributed by atoms with Gasteiger partial charge in [0.15, 0.2) is 23.1 Å². The number of carboxylic acid groups (broad SMARTS) is 1. The van der Waals surface area contributed by atoms with E-state index < -0.39 is 29.7 Å². The van der Waals surface area contributed by atoms with Gasteiger partial charge in [0.2, 0.25) is 0 Å². The molecular weight excluding hydrogens is 316 g/mol. The van der Waals surface area contributed by atoms with Crippen LogP contribution in [-0.4, -0.2) is 40.0 Å². The van der Waals surface area contributed by atoms with Gasteiger partial charge in [0.1, 0.15) is 5.75 Å². The third-order valence-corrected chi connectivity index (χ3v) is 3.37. The maximum atomic E-state index is 12.2. The molecule has 2 aromatic rings. The molecule has 0 amide bonds. The van der Waals surface area contributed by atoms with Crippen LogP contribution >= 0.6 is 0 Å². The van der Waals surface area contributed by atoms with Crippen molar-refractivity contribution in [1.29, 1.82) is 0 Å². The Kier molecular flexibility index (Phi) is 4.84. The fraction of sp³-hybridized carbons (Fsp3) is 0.118. The minimum Gasteiger partial charge on any atom is -0.507 e. The summed E-state index contributed by atoms with van der Waals surface area (Å²) in [6, 6.07) is 7.19. The lowest BCUT2D eigenvalue weighted by molar-refractivity contribution is 0.0696. The Morgan fingerprint density at radius 1 is 0.917 bits per heavy atom. The lowest BCUT2D eigenvalue weighted by Gasteiger charge is -2.07. The Bertz CT molecular complexity index is 824. The molecule has 0 aliphatic carbocycles. The van der Waals surface area contributed by atoms with E-state index in [4.69, 9.17) is 9.84 Å². The van der Waals surface area contributed by atoms with Crippen LogP contribution in [-0.2, 0) is 0 Å². The van der Waals surface area contributed by atoms with Crippen molar-refractivity contribution in [2.75, 3.05) is 7.11 Å². The van der Waals surface area contributed by atoms with Gasteiger partial charge in [0.05, 0.1) is 24.7 Å². The van der Waals surface area contributed by atoms with Gasteiger partial charge in [0, 0.05) is 5.56 Å². The minimum atomic E-state index is -1.25. The molecular formula is C17H14O7. The standard InChI is InChI=1S/C17H14O7/c1-24-16-5-3-9(7-15(16)21)13(19)8-14(20)11-6-10(17(22)23)2-4-12(11)18/h2-7,18,21H,8H2,1H3,(H,22,23). The molecule has 0 fully saturated rings. The van der Waals surface area contributed by atoms with E-state index in [1.807, 2.05) is 0 Å². The van der Waals surface area contributed by atoms with E-state index in [0.717, 1.165) is 18.2 Å². The van der Waals surface area contributed by atoms with Crippen molar-refractivity contribution >= 4 is 17.5 Å². The Morgan fingerprint density at radius 2 is 1.58 bits per heavy atom. The zero-order valence-corrected chi connectivity index (χ0v) is 12.6. The molecule has 0 heterocycles. The van der Waals surface area contributed by atoms with Crippen LogP contribution in [0.4, 0.5) is 0 Å². The number of methoxy groups -OCH3 is 1. The SMILES string of the molecule is COc1ccc(C(=O)CC(=O)c2cc(C(=O)O)ccc2O)cc1O. The first-order chi connectivity index (χ1) is 11.3. The van der Waals surface area contributed by atoms with Gasteiger partial charge in [0.25, 0.3) is 0 Å². The highest BCUT2D eigenvalue weighted by atomic mass is 16.5. The third kappa shape index (κ3) is 3.52. The van der Waals surface area contributed by atoms with E-state index in [1.165, 1.54) is 25.3 Å². The predicted molar refractivity (Wildman–Crippen MR) is 83.0 cm³/mol. The van der Waals surface area contributed by atoms with Gasteiger partial charge in [-0.3, -0.25) is 9.59 Å². The monoisotopic (exact) mass is 330 g/mol. The van der Waals surface area contributed by atoms with Crippen LogP contribution in [0.2, 0.25) is 0 Å². The first-order valence-corrected chi connectivity index (χ1v) is 6.83. The second kappa shape index (κ2) is 6.82. The molecule has 0 aliphatic heterocycles. The summed E-state index contributed by atoms with van der Waals surface area (Å²) in [5.74, 6) is -3.03. The van der Waals surface area contributed by atoms with Crippen molar-refractivity contribution in [3.05, 3.63) is 53.1 Å². The molecule has 7 heteroatoms. The maximum absolute atomic E-state index is 12.2. The summed E-state index contributed by atoms with van der Waals surface area (Å²) >= 11 is 0. The quantitative estimate of drug-likeness (QED) is 0.548. The Balaban J connectivity index is 2.23. The van der Waals surface area contributed by atoms with Gasteiger partial charge in [-0.25, -0.2) is 4.79 Å². The summed E-state index contributed by atoms with van der Waals surface area (Å²) in [4.78, 5) is 35.2. The summed E-state index contributed by atoms with van der Waals surface area (Å²) in [7, 11) is 1.36. The lowest BCUT2D eigenvalue weighted by Crippen LogP contribution is -2.10. The molecule has 0 saturated carbocycles. The van der Waals surface area contributed by atoms with E-state index >= 15 is 0 Å². The average molecular weight is 330 g/mol. The predicted octanol–water partition coefficient (Wildman–Crippen LogP) is 2.26. The molecule has 7 nitrogen and oxygen atoms in total. The zero-order chi connectivity index (χ0) is 17.9. The molecule has 0 aliphatic rings. The number of carbonyl (C=O) groups is 3. The highest BCUT2D eigenvalue weighted by Crippen LogP contribution is 2.27. The van der Waals surface area contributed by atoms with Crippen molar-refractivity contribution in [3.8, 4) is 17.2 Å². The van der Waals surface area contributed by atoms with Crippen LogP contribution in [0.3, 0.4) is 0 Å². The van der Waals surface area contributed by atoms with Gasteiger partial charge < -0.3 is 20.1 Å². The van der Waals surface area contributed by atoms with Crippen molar-refractivity contribution in [2.45, 2.75) is 6.42 Å². The Hall–Kier alpha value is -3.35. The molecule has 0 bridgehead atoms. The van der Waals surface area contributed by atoms with Gasteiger partial charge >= 0.3 is 5.97 Å². The Morgan fingerprint density at radius 3 is 2.17 bits per heavy atom. The normalized spacial score (nSPS) is 10.2. The number of ketones is 2. The summed E-state index contributed by atoms with van der Waals surface area (Å²) in [5, 5.41) is 28.3. The molecule has 2 aromatic carbocycles. The molecule has 0 radical (unpaired) electrons. The van der Waals surface area contributed by atoms with Crippen LogP contribution in [0.1, 0.15) is 37.5 Å². The first kappa shape index (κ1) is 17.0. The number of phenolic OH excluding ortho intramolecular Hbond substituents is 2. The van der Waals surface area contributed by atoms with Crippen molar-refractivity contribution < 1.29 is 34.4 Å². The fourth-order valence-electron chi connectivity index (χ4n) is 2.10. The van der Waals surface area contributed by atoms with E-state index in [9.17, 15) is 24.6 Å². The number of rotatable bonds is 6. The molecule has 24 heavy (non-hydrogen) atoms. The number of aromatic hydroxyl groups is 2. The number of Topliss-reactive ketones (excluding diaryl/α,β-unsaturated/α-hetero) is 2. The van der Waals surface area contributed by atoms with Gasteiger partial charge in [-0.2, -0.15) is 0 Å². The number of carbonyl (C=O) groups excluding carboxylic acids is 2. The number of ether oxygens (including phenoxy) is 1. The van der Waals surface area contributed by atoms with Gasteiger partial charge in [-0.1, -0.05) is 0 Å². The smallest absolute Gasteiger partial charge is 0.335 e. The number of hydrogen-bond donors (Lipinski definition) is 3. The van der Waals surface area contributed by atoms with Crippen LogP contribution in [0.15, 0.2) is 36.4 Å². The zero-order valence-electron chi connectivity index (χ0n) is 12.6. The van der Waals surface area contributed by atoms with Gasteiger partial charge in [-0.05, 0) is 36.4 Å². The second-order valence-corrected chi connectivity index (χ2v) is 4.95. The second-order valence-electron chi connectivity index (χ2n) is 4.95. The largest absolute Gasteiger partial charge is 0.507 e. The summed E-state index contributed by atoms with van der Waals surface area (Å²) in [5.41, 5.74) is -0.331. The topological polar surface area (TPSA) is 121 Å². The summed E-state index contributed by atoms with van der Waals surface area (Å²) in [6.45, 7) is 0. The third-order valence-electron chi connectivity index (χ3n) is 3.37. The number of hydrogen-bond acceptors (Lipinski definition) is 6. The molecule has 0 atom stereocenters. The Labute approximate surface area is 136 Å². The molecule has 0 aromatic heterocycles. The number of carboxylic acids is 1. The van der Waals surface area contributed by atoms with E-state index in [-0.39, 0.29) is 28.2 Å². The molecule has 0 spiro atoms. The van der Waals surface area contributed by atoms with Crippen LogP contribution in [0.25, 0.3) is 0 Å². The van der Waals surface area contributed by atoms with E-state index in [0.29, 0.717) is 0 Å². The van der Waals surface area contributed by atoms with E-state index in [2.05, 4.69) is 0 Å². The molecule has 124 valence electrons. The minimum absolute atomic E-state index is 0.0931. The molecule has 0 saturated heterocycles. The highest BCUT2D eigenvalue weighted by molar-refractivity contribution is 6.15. The molecule has 0 unspecified atom stereocenters. The highest BCUT2D eigenvalue weighted by Gasteiger charge is 2.19. The number of aromatic carboxylic acids is 1. The van der Waals surface area contributed by atoms with Crippen molar-refractivity contribution in [2.24, 2.45) is 0 Å². The number of phenols is 2. The number of benzene rings is 2. The maximum Gasteiger partial charge on any atom is 0.335 e. The fourth-order valence-corrected chi connectivity index (χ4v) is 2.10. The van der Waals surface area contributed by atoms with E-state index in [1.54, 1.807) is 0 Å².